The van der Waals surface area contributed by atoms with Crippen LogP contribution in [0.15, 0.2) is 77.2 Å². The molecule has 0 saturated carbocycles. The van der Waals surface area contributed by atoms with Crippen LogP contribution in [0.4, 0.5) is 4.39 Å². The van der Waals surface area contributed by atoms with Gasteiger partial charge >= 0.3 is 0 Å². The van der Waals surface area contributed by atoms with Crippen LogP contribution in [0.25, 0.3) is 21.9 Å². The highest BCUT2D eigenvalue weighted by molar-refractivity contribution is 6.31. The Labute approximate surface area is 188 Å². The van der Waals surface area contributed by atoms with Gasteiger partial charge in [-0.1, -0.05) is 41.9 Å². The van der Waals surface area contributed by atoms with Crippen LogP contribution in [0.5, 0.6) is 0 Å². The van der Waals surface area contributed by atoms with Crippen LogP contribution in [0.1, 0.15) is 33.4 Å². The van der Waals surface area contributed by atoms with Gasteiger partial charge in [0.2, 0.25) is 0 Å². The lowest BCUT2D eigenvalue weighted by atomic mass is 9.92. The number of nitrogens with one attached hydrogen (secondary N) is 1. The number of halogens is 2. The van der Waals surface area contributed by atoms with E-state index in [-0.39, 0.29) is 23.5 Å². The second-order valence-corrected chi connectivity index (χ2v) is 8.49. The third-order valence-corrected chi connectivity index (χ3v) is 6.41. The quantitative estimate of drug-likeness (QED) is 0.338. The van der Waals surface area contributed by atoms with Gasteiger partial charge in [0.15, 0.2) is 5.76 Å². The Morgan fingerprint density at radius 2 is 1.88 bits per heavy atom. The number of rotatable bonds is 2. The third kappa shape index (κ3) is 3.00. The van der Waals surface area contributed by atoms with E-state index in [1.54, 1.807) is 41.3 Å². The summed E-state index contributed by atoms with van der Waals surface area (Å²) in [5.74, 6) is -0.265. The number of hydrogen-bond donors (Lipinski definition) is 1. The number of carbonyl (C=O) groups excluding carboxylic acids is 1. The maximum absolute atomic E-state index is 13.7. The Hall–Kier alpha value is -3.57. The first-order valence-electron chi connectivity index (χ1n) is 10.4. The van der Waals surface area contributed by atoms with E-state index < -0.39 is 0 Å². The van der Waals surface area contributed by atoms with Gasteiger partial charge in [0.1, 0.15) is 11.4 Å². The predicted molar refractivity (Wildman–Crippen MR) is 123 cm³/mol. The molecule has 0 fully saturated rings. The van der Waals surface area contributed by atoms with E-state index in [0.717, 1.165) is 34.0 Å². The molecule has 6 rings (SSSR count). The molecule has 3 heterocycles. The molecule has 0 bridgehead atoms. The lowest BCUT2D eigenvalue weighted by molar-refractivity contribution is 0.0661. The maximum atomic E-state index is 13.7. The molecular weight excluding hydrogens is 427 g/mol. The Bertz CT molecular complexity index is 1490. The van der Waals surface area contributed by atoms with Crippen LogP contribution in [-0.4, -0.2) is 22.3 Å². The first-order chi connectivity index (χ1) is 15.6. The molecule has 1 amide bonds. The smallest absolute Gasteiger partial charge is 0.290 e. The molecule has 4 nitrogen and oxygen atoms in total. The normalized spacial score (nSPS) is 15.9. The predicted octanol–water partition coefficient (Wildman–Crippen LogP) is 6.49. The molecule has 0 spiro atoms. The van der Waals surface area contributed by atoms with Crippen molar-refractivity contribution in [2.75, 3.05) is 6.54 Å². The Morgan fingerprint density at radius 1 is 1.06 bits per heavy atom. The SMILES string of the molecule is O=C(c1cc2cc(Cl)ccc2o1)N1CCc2c([nH]c3ccccc23)[C@H]1c1ccc(F)cc1. The van der Waals surface area contributed by atoms with Crippen LogP contribution in [0.3, 0.4) is 0 Å². The summed E-state index contributed by atoms with van der Waals surface area (Å²) < 4.78 is 19.5. The summed E-state index contributed by atoms with van der Waals surface area (Å²) in [4.78, 5) is 19.0. The number of furan rings is 1. The molecule has 32 heavy (non-hydrogen) atoms. The number of amides is 1. The Balaban J connectivity index is 1.49. The van der Waals surface area contributed by atoms with Gasteiger partial charge in [0.25, 0.3) is 5.91 Å². The van der Waals surface area contributed by atoms with Gasteiger partial charge in [-0.15, -0.1) is 0 Å². The van der Waals surface area contributed by atoms with Gasteiger partial charge in [-0.05, 0) is 60.0 Å². The molecule has 0 radical (unpaired) electrons. The number of aromatic nitrogens is 1. The fraction of sp³-hybridized carbons (Fsp3) is 0.115. The highest BCUT2D eigenvalue weighted by atomic mass is 35.5. The van der Waals surface area contributed by atoms with Crippen molar-refractivity contribution in [3.05, 3.63) is 106 Å². The summed E-state index contributed by atoms with van der Waals surface area (Å²) in [7, 11) is 0. The van der Waals surface area contributed by atoms with Crippen molar-refractivity contribution in [2.45, 2.75) is 12.5 Å². The van der Waals surface area contributed by atoms with Gasteiger partial charge in [-0.25, -0.2) is 4.39 Å². The van der Waals surface area contributed by atoms with Crippen molar-refractivity contribution >= 4 is 39.4 Å². The van der Waals surface area contributed by atoms with Crippen LogP contribution in [0, 0.1) is 5.82 Å². The number of para-hydroxylation sites is 1. The van der Waals surface area contributed by atoms with Gasteiger partial charge in [-0.2, -0.15) is 0 Å². The van der Waals surface area contributed by atoms with Crippen LogP contribution >= 0.6 is 11.6 Å². The molecule has 1 atom stereocenters. The molecule has 1 N–H and O–H groups in total. The number of aromatic amines is 1. The fourth-order valence-electron chi connectivity index (χ4n) is 4.71. The van der Waals surface area contributed by atoms with Crippen molar-refractivity contribution in [3.8, 4) is 0 Å². The average Bonchev–Trinajstić information content (AvgIpc) is 3.39. The van der Waals surface area contributed by atoms with Crippen molar-refractivity contribution in [1.29, 1.82) is 0 Å². The summed E-state index contributed by atoms with van der Waals surface area (Å²) in [5, 5.41) is 2.52. The zero-order chi connectivity index (χ0) is 21.8. The fourth-order valence-corrected chi connectivity index (χ4v) is 4.89. The van der Waals surface area contributed by atoms with Crippen molar-refractivity contribution in [2.24, 2.45) is 0 Å². The van der Waals surface area contributed by atoms with Crippen LogP contribution in [0.2, 0.25) is 5.02 Å². The molecular formula is C26H18ClFN2O2. The molecule has 6 heteroatoms. The number of carbonyl (C=O) groups is 1. The van der Waals surface area contributed by atoms with E-state index in [9.17, 15) is 9.18 Å². The monoisotopic (exact) mass is 444 g/mol. The van der Waals surface area contributed by atoms with E-state index in [0.29, 0.717) is 17.2 Å². The van der Waals surface area contributed by atoms with Crippen LogP contribution in [-0.2, 0) is 6.42 Å². The van der Waals surface area contributed by atoms with E-state index in [4.69, 9.17) is 16.0 Å². The zero-order valence-corrected chi connectivity index (χ0v) is 17.7. The van der Waals surface area contributed by atoms with Gasteiger partial charge in [-0.3, -0.25) is 4.79 Å². The molecule has 158 valence electrons. The highest BCUT2D eigenvalue weighted by Crippen LogP contribution is 2.39. The number of H-pyrrole nitrogens is 1. The molecule has 5 aromatic rings. The number of benzene rings is 3. The summed E-state index contributed by atoms with van der Waals surface area (Å²) in [6, 6.07) is 21.1. The first kappa shape index (κ1) is 19.1. The lowest BCUT2D eigenvalue weighted by Gasteiger charge is -2.35. The first-order valence-corrected chi connectivity index (χ1v) is 10.8. The van der Waals surface area contributed by atoms with Crippen molar-refractivity contribution < 1.29 is 13.6 Å². The van der Waals surface area contributed by atoms with E-state index in [2.05, 4.69) is 11.1 Å². The zero-order valence-electron chi connectivity index (χ0n) is 16.9. The summed E-state index contributed by atoms with van der Waals surface area (Å²) in [6.07, 6.45) is 0.717. The van der Waals surface area contributed by atoms with E-state index >= 15 is 0 Å². The molecule has 0 unspecified atom stereocenters. The second-order valence-electron chi connectivity index (χ2n) is 8.06. The molecule has 1 aliphatic heterocycles. The molecule has 2 aromatic heterocycles. The summed E-state index contributed by atoms with van der Waals surface area (Å²) in [5.41, 5.74) is 4.62. The minimum atomic E-state index is -0.379. The standard InChI is InChI=1S/C26H18ClFN2O2/c27-17-7-10-22-16(13-17)14-23(32-22)26(31)30-12-11-20-19-3-1-2-4-21(19)29-24(20)25(30)15-5-8-18(28)9-6-15/h1-10,13-14,25,29H,11-12H2/t25-/m1/s1. The lowest BCUT2D eigenvalue weighted by Crippen LogP contribution is -2.40. The molecule has 3 aromatic carbocycles. The van der Waals surface area contributed by atoms with Crippen molar-refractivity contribution in [1.82, 2.24) is 9.88 Å². The largest absolute Gasteiger partial charge is 0.451 e. The second kappa shape index (κ2) is 7.24. The summed E-state index contributed by atoms with van der Waals surface area (Å²) >= 11 is 6.10. The summed E-state index contributed by atoms with van der Waals surface area (Å²) in [6.45, 7) is 0.521. The van der Waals surface area contributed by atoms with Gasteiger partial charge < -0.3 is 14.3 Å². The Morgan fingerprint density at radius 3 is 2.72 bits per heavy atom. The van der Waals surface area contributed by atoms with Gasteiger partial charge in [0.05, 0.1) is 6.04 Å². The molecule has 0 saturated heterocycles. The Kier molecular flexibility index (Phi) is 4.33. The van der Waals surface area contributed by atoms with Crippen LogP contribution < -0.4 is 0 Å². The number of fused-ring (bicyclic) bond motifs is 4. The highest BCUT2D eigenvalue weighted by Gasteiger charge is 2.36. The number of nitrogens with zero attached hydrogens (tertiary/aromatic N) is 1. The number of hydrogen-bond acceptors (Lipinski definition) is 2. The molecule has 1 aliphatic rings. The van der Waals surface area contributed by atoms with E-state index in [1.807, 2.05) is 18.2 Å². The maximum Gasteiger partial charge on any atom is 0.290 e. The van der Waals surface area contributed by atoms with Crippen molar-refractivity contribution in [3.63, 3.8) is 0 Å². The minimum Gasteiger partial charge on any atom is -0.451 e. The average molecular weight is 445 g/mol. The van der Waals surface area contributed by atoms with E-state index in [1.165, 1.54) is 17.7 Å². The third-order valence-electron chi connectivity index (χ3n) is 6.17. The minimum absolute atomic E-state index is 0.212. The molecule has 0 aliphatic carbocycles. The van der Waals surface area contributed by atoms with Gasteiger partial charge in [0, 0.05) is 33.6 Å². The topological polar surface area (TPSA) is 49.2 Å².